The molecule has 3 nitrogen and oxygen atoms in total. The number of benzene rings is 1. The van der Waals surface area contributed by atoms with Crippen LogP contribution in [0.1, 0.15) is 27.8 Å². The van der Waals surface area contributed by atoms with Gasteiger partial charge in [0.25, 0.3) is 0 Å². The van der Waals surface area contributed by atoms with E-state index in [0.29, 0.717) is 12.1 Å². The summed E-state index contributed by atoms with van der Waals surface area (Å²) in [6.45, 7) is 0.701. The van der Waals surface area contributed by atoms with Crippen LogP contribution in [0.4, 0.5) is 0 Å². The molecule has 104 valence electrons. The Labute approximate surface area is 127 Å². The SMILES string of the molecule is N#Cc1csc(CNC(c2ccccc2)c2ccco2)c1. The monoisotopic (exact) mass is 294 g/mol. The Hall–Kier alpha value is -2.35. The highest BCUT2D eigenvalue weighted by molar-refractivity contribution is 7.10. The van der Waals surface area contributed by atoms with Crippen LogP contribution in [0.25, 0.3) is 0 Å². The second-order valence-electron chi connectivity index (χ2n) is 4.65. The zero-order chi connectivity index (χ0) is 14.5. The molecule has 0 spiro atoms. The van der Waals surface area contributed by atoms with E-state index in [1.54, 1.807) is 17.6 Å². The van der Waals surface area contributed by atoms with E-state index in [4.69, 9.17) is 9.68 Å². The first-order valence-electron chi connectivity index (χ1n) is 6.66. The maximum Gasteiger partial charge on any atom is 0.125 e. The van der Waals surface area contributed by atoms with Crippen molar-refractivity contribution in [2.24, 2.45) is 0 Å². The van der Waals surface area contributed by atoms with Gasteiger partial charge in [0.05, 0.1) is 17.9 Å². The molecule has 1 aromatic carbocycles. The Balaban J connectivity index is 1.79. The van der Waals surface area contributed by atoms with Gasteiger partial charge in [-0.2, -0.15) is 5.26 Å². The Morgan fingerprint density at radius 1 is 1.19 bits per heavy atom. The van der Waals surface area contributed by atoms with Gasteiger partial charge in [0.2, 0.25) is 0 Å². The Bertz CT molecular complexity index is 726. The van der Waals surface area contributed by atoms with Gasteiger partial charge in [0, 0.05) is 16.8 Å². The Morgan fingerprint density at radius 2 is 2.05 bits per heavy atom. The molecule has 0 bridgehead atoms. The van der Waals surface area contributed by atoms with Crippen molar-refractivity contribution in [2.75, 3.05) is 0 Å². The molecule has 21 heavy (non-hydrogen) atoms. The molecule has 4 heteroatoms. The number of hydrogen-bond acceptors (Lipinski definition) is 4. The fourth-order valence-electron chi connectivity index (χ4n) is 2.22. The number of thiophene rings is 1. The summed E-state index contributed by atoms with van der Waals surface area (Å²) in [4.78, 5) is 1.14. The van der Waals surface area contributed by atoms with Crippen LogP contribution in [0.5, 0.6) is 0 Å². The minimum absolute atomic E-state index is 0.00818. The summed E-state index contributed by atoms with van der Waals surface area (Å²) < 4.78 is 5.55. The van der Waals surface area contributed by atoms with Crippen molar-refractivity contribution in [1.29, 1.82) is 5.26 Å². The Morgan fingerprint density at radius 3 is 2.71 bits per heavy atom. The first kappa shape index (κ1) is 13.6. The first-order valence-corrected chi connectivity index (χ1v) is 7.54. The van der Waals surface area contributed by atoms with Crippen molar-refractivity contribution >= 4 is 11.3 Å². The maximum atomic E-state index is 8.88. The number of nitrogens with zero attached hydrogens (tertiary/aromatic N) is 1. The third-order valence-corrected chi connectivity index (χ3v) is 4.16. The lowest BCUT2D eigenvalue weighted by molar-refractivity contribution is 0.447. The minimum atomic E-state index is 0.00818. The van der Waals surface area contributed by atoms with Crippen molar-refractivity contribution < 1.29 is 4.42 Å². The molecular weight excluding hydrogens is 280 g/mol. The molecule has 0 aliphatic heterocycles. The normalized spacial score (nSPS) is 12.0. The van der Waals surface area contributed by atoms with Gasteiger partial charge in [-0.1, -0.05) is 30.3 Å². The molecule has 0 aliphatic carbocycles. The van der Waals surface area contributed by atoms with Crippen LogP contribution in [-0.2, 0) is 6.54 Å². The number of rotatable bonds is 5. The van der Waals surface area contributed by atoms with E-state index in [1.807, 2.05) is 41.8 Å². The second kappa shape index (κ2) is 6.40. The molecule has 2 heterocycles. The molecule has 0 aliphatic rings. The van der Waals surface area contributed by atoms with Crippen LogP contribution < -0.4 is 5.32 Å². The molecule has 1 unspecified atom stereocenters. The van der Waals surface area contributed by atoms with Crippen LogP contribution in [0, 0.1) is 11.3 Å². The molecule has 0 saturated carbocycles. The van der Waals surface area contributed by atoms with Crippen molar-refractivity contribution in [2.45, 2.75) is 12.6 Å². The largest absolute Gasteiger partial charge is 0.467 e. The number of hydrogen-bond donors (Lipinski definition) is 1. The predicted octanol–water partition coefficient (Wildman–Crippen LogP) is 4.09. The predicted molar refractivity (Wildman–Crippen MR) is 82.9 cm³/mol. The van der Waals surface area contributed by atoms with E-state index in [0.717, 1.165) is 16.2 Å². The van der Waals surface area contributed by atoms with Gasteiger partial charge in [0.15, 0.2) is 0 Å². The molecule has 0 saturated heterocycles. The third kappa shape index (κ3) is 3.22. The zero-order valence-corrected chi connectivity index (χ0v) is 12.1. The summed E-state index contributed by atoms with van der Waals surface area (Å²) in [5.74, 6) is 0.887. The average molecular weight is 294 g/mol. The van der Waals surface area contributed by atoms with E-state index < -0.39 is 0 Å². The summed E-state index contributed by atoms with van der Waals surface area (Å²) in [5, 5.41) is 14.3. The van der Waals surface area contributed by atoms with Crippen LogP contribution in [-0.4, -0.2) is 0 Å². The maximum absolute atomic E-state index is 8.88. The van der Waals surface area contributed by atoms with Gasteiger partial charge >= 0.3 is 0 Å². The van der Waals surface area contributed by atoms with Crippen molar-refractivity contribution in [3.63, 3.8) is 0 Å². The quantitative estimate of drug-likeness (QED) is 0.771. The summed E-state index contributed by atoms with van der Waals surface area (Å²) in [7, 11) is 0. The highest BCUT2D eigenvalue weighted by Crippen LogP contribution is 2.23. The molecule has 3 aromatic rings. The van der Waals surface area contributed by atoms with Gasteiger partial charge in [-0.15, -0.1) is 11.3 Å². The molecular formula is C17H14N2OS. The summed E-state index contributed by atoms with van der Waals surface area (Å²) in [6, 6.07) is 18.1. The lowest BCUT2D eigenvalue weighted by atomic mass is 10.0. The van der Waals surface area contributed by atoms with Gasteiger partial charge in [-0.3, -0.25) is 5.32 Å². The van der Waals surface area contributed by atoms with Crippen molar-refractivity contribution in [3.8, 4) is 6.07 Å². The molecule has 0 radical (unpaired) electrons. The number of nitriles is 1. The topological polar surface area (TPSA) is 49.0 Å². The third-order valence-electron chi connectivity index (χ3n) is 3.22. The van der Waals surface area contributed by atoms with Crippen molar-refractivity contribution in [3.05, 3.63) is 81.9 Å². The van der Waals surface area contributed by atoms with E-state index in [9.17, 15) is 0 Å². The summed E-state index contributed by atoms with van der Waals surface area (Å²) in [6.07, 6.45) is 1.69. The molecule has 3 rings (SSSR count). The van der Waals surface area contributed by atoms with E-state index in [-0.39, 0.29) is 6.04 Å². The minimum Gasteiger partial charge on any atom is -0.467 e. The number of nitrogens with one attached hydrogen (secondary N) is 1. The molecule has 2 aromatic heterocycles. The van der Waals surface area contributed by atoms with Crippen LogP contribution in [0.3, 0.4) is 0 Å². The van der Waals surface area contributed by atoms with Crippen molar-refractivity contribution in [1.82, 2.24) is 5.32 Å². The second-order valence-corrected chi connectivity index (χ2v) is 5.65. The molecule has 0 amide bonds. The standard InChI is InChI=1S/C17H14N2OS/c18-10-13-9-15(21-12-13)11-19-17(16-7-4-8-20-16)14-5-2-1-3-6-14/h1-9,12,17,19H,11H2. The molecule has 1 N–H and O–H groups in total. The zero-order valence-electron chi connectivity index (χ0n) is 11.3. The highest BCUT2D eigenvalue weighted by atomic mass is 32.1. The summed E-state index contributed by atoms with van der Waals surface area (Å²) in [5.41, 5.74) is 1.87. The lowest BCUT2D eigenvalue weighted by Crippen LogP contribution is -2.21. The molecule has 1 atom stereocenters. The first-order chi connectivity index (χ1) is 10.4. The lowest BCUT2D eigenvalue weighted by Gasteiger charge is -2.16. The fourth-order valence-corrected chi connectivity index (χ4v) is 2.98. The van der Waals surface area contributed by atoms with Gasteiger partial charge in [0.1, 0.15) is 11.8 Å². The van der Waals surface area contributed by atoms with E-state index in [1.165, 1.54) is 0 Å². The van der Waals surface area contributed by atoms with Crippen LogP contribution in [0.2, 0.25) is 0 Å². The summed E-state index contributed by atoms with van der Waals surface area (Å²) >= 11 is 1.59. The number of furan rings is 1. The van der Waals surface area contributed by atoms with Gasteiger partial charge < -0.3 is 4.42 Å². The Kier molecular flexibility index (Phi) is 4.15. The fraction of sp³-hybridized carbons (Fsp3) is 0.118. The van der Waals surface area contributed by atoms with E-state index >= 15 is 0 Å². The van der Waals surface area contributed by atoms with Gasteiger partial charge in [-0.05, 0) is 23.8 Å². The molecule has 0 fully saturated rings. The smallest absolute Gasteiger partial charge is 0.125 e. The van der Waals surface area contributed by atoms with Gasteiger partial charge in [-0.25, -0.2) is 0 Å². The average Bonchev–Trinajstić information content (AvgIpc) is 3.20. The highest BCUT2D eigenvalue weighted by Gasteiger charge is 2.16. The van der Waals surface area contributed by atoms with Crippen LogP contribution in [0.15, 0.2) is 64.6 Å². The van der Waals surface area contributed by atoms with E-state index in [2.05, 4.69) is 23.5 Å². The van der Waals surface area contributed by atoms with Crippen LogP contribution >= 0.6 is 11.3 Å².